The molecule has 2 aromatic heterocycles. The fourth-order valence-corrected chi connectivity index (χ4v) is 4.53. The van der Waals surface area contributed by atoms with E-state index in [0.717, 1.165) is 54.4 Å². The van der Waals surface area contributed by atoms with Crippen molar-refractivity contribution in [1.29, 1.82) is 5.26 Å². The Kier molecular flexibility index (Phi) is 4.22. The van der Waals surface area contributed by atoms with Crippen LogP contribution in [0.3, 0.4) is 0 Å². The highest BCUT2D eigenvalue weighted by Crippen LogP contribution is 2.35. The molecule has 7 heteroatoms. The van der Waals surface area contributed by atoms with Gasteiger partial charge in [0.1, 0.15) is 11.9 Å². The molecule has 2 N–H and O–H groups in total. The molecule has 4 rings (SSSR count). The lowest BCUT2D eigenvalue weighted by atomic mass is 9.85. The number of β-amino-alcohol motifs (C(OH)–C–C–N with tert-alkyl or cyclic N) is 1. The SMILES string of the molecule is CC1(O)CN(C2CCC(Nc3ncc4oc(C#N)cc4c3Br)CC2)C1. The molecule has 0 bridgehead atoms. The zero-order valence-corrected chi connectivity index (χ0v) is 15.7. The van der Waals surface area contributed by atoms with E-state index in [1.807, 2.05) is 13.0 Å². The normalized spacial score (nSPS) is 26.2. The van der Waals surface area contributed by atoms with E-state index in [4.69, 9.17) is 9.68 Å². The predicted octanol–water partition coefficient (Wildman–Crippen LogP) is 3.25. The van der Waals surface area contributed by atoms with Gasteiger partial charge in [0.2, 0.25) is 5.76 Å². The number of nitrogens with one attached hydrogen (secondary N) is 1. The number of nitriles is 1. The van der Waals surface area contributed by atoms with E-state index in [-0.39, 0.29) is 0 Å². The molecule has 1 aliphatic carbocycles. The summed E-state index contributed by atoms with van der Waals surface area (Å²) >= 11 is 3.59. The molecule has 2 aliphatic rings. The molecule has 0 spiro atoms. The molecule has 0 unspecified atom stereocenters. The number of aliphatic hydroxyl groups is 1. The second-order valence-electron chi connectivity index (χ2n) is 7.47. The van der Waals surface area contributed by atoms with Gasteiger partial charge in [-0.05, 0) is 48.5 Å². The molecule has 0 amide bonds. The Morgan fingerprint density at radius 2 is 2.12 bits per heavy atom. The molecular formula is C18H21BrN4O2. The first-order valence-corrected chi connectivity index (χ1v) is 9.45. The van der Waals surface area contributed by atoms with Crippen LogP contribution in [0.25, 0.3) is 11.0 Å². The Balaban J connectivity index is 1.39. The second-order valence-corrected chi connectivity index (χ2v) is 8.27. The first-order chi connectivity index (χ1) is 11.9. The van der Waals surface area contributed by atoms with Gasteiger partial charge in [0.05, 0.1) is 16.3 Å². The molecule has 0 aromatic carbocycles. The molecule has 6 nitrogen and oxygen atoms in total. The summed E-state index contributed by atoms with van der Waals surface area (Å²) in [7, 11) is 0. The maximum absolute atomic E-state index is 9.90. The Morgan fingerprint density at radius 1 is 1.40 bits per heavy atom. The van der Waals surface area contributed by atoms with E-state index >= 15 is 0 Å². The highest BCUT2D eigenvalue weighted by atomic mass is 79.9. The summed E-state index contributed by atoms with van der Waals surface area (Å²) in [5.74, 6) is 1.09. The minimum Gasteiger partial charge on any atom is -0.444 e. The van der Waals surface area contributed by atoms with E-state index in [9.17, 15) is 5.11 Å². The van der Waals surface area contributed by atoms with Crippen molar-refractivity contribution in [2.45, 2.75) is 50.3 Å². The maximum Gasteiger partial charge on any atom is 0.204 e. The van der Waals surface area contributed by atoms with Gasteiger partial charge in [-0.3, -0.25) is 4.90 Å². The number of likely N-dealkylation sites (tertiary alicyclic amines) is 1. The van der Waals surface area contributed by atoms with E-state index in [2.05, 4.69) is 31.1 Å². The van der Waals surface area contributed by atoms with Crippen LogP contribution in [0, 0.1) is 11.3 Å². The lowest BCUT2D eigenvalue weighted by molar-refractivity contribution is -0.107. The second kappa shape index (κ2) is 6.27. The quantitative estimate of drug-likeness (QED) is 0.816. The fraction of sp³-hybridized carbons (Fsp3) is 0.556. The average Bonchev–Trinajstić information content (AvgIpc) is 3.00. The number of aromatic nitrogens is 1. The molecule has 3 heterocycles. The van der Waals surface area contributed by atoms with Gasteiger partial charge in [-0.25, -0.2) is 4.98 Å². The standard InChI is InChI=1S/C18H21BrN4O2/c1-18(24)9-23(10-18)12-4-2-11(3-5-12)22-17-16(19)14-6-13(7-20)25-15(14)8-21-17/h6,8,11-12,24H,2-5,9-10H2,1H3,(H,21,22). The zero-order valence-electron chi connectivity index (χ0n) is 14.1. The van der Waals surface area contributed by atoms with Crippen molar-refractivity contribution in [3.63, 3.8) is 0 Å². The van der Waals surface area contributed by atoms with Gasteiger partial charge in [0, 0.05) is 36.6 Å². The molecule has 1 saturated carbocycles. The van der Waals surface area contributed by atoms with Gasteiger partial charge in [-0.15, -0.1) is 0 Å². The minimum absolute atomic E-state index is 0.292. The third-order valence-corrected chi connectivity index (χ3v) is 6.07. The van der Waals surface area contributed by atoms with Gasteiger partial charge < -0.3 is 14.8 Å². The number of furan rings is 1. The summed E-state index contributed by atoms with van der Waals surface area (Å²) in [6, 6.07) is 4.73. The van der Waals surface area contributed by atoms with E-state index in [1.54, 1.807) is 12.3 Å². The fourth-order valence-electron chi connectivity index (χ4n) is 4.00. The number of nitrogens with zero attached hydrogens (tertiary/aromatic N) is 3. The predicted molar refractivity (Wildman–Crippen MR) is 98.3 cm³/mol. The monoisotopic (exact) mass is 404 g/mol. The average molecular weight is 405 g/mol. The van der Waals surface area contributed by atoms with E-state index in [0.29, 0.717) is 23.4 Å². The lowest BCUT2D eigenvalue weighted by Crippen LogP contribution is -2.63. The van der Waals surface area contributed by atoms with E-state index < -0.39 is 5.60 Å². The van der Waals surface area contributed by atoms with Crippen molar-refractivity contribution < 1.29 is 9.52 Å². The lowest BCUT2D eigenvalue weighted by Gasteiger charge is -2.50. The van der Waals surface area contributed by atoms with Gasteiger partial charge in [0.25, 0.3) is 0 Å². The summed E-state index contributed by atoms with van der Waals surface area (Å²) in [6.07, 6.45) is 6.11. The van der Waals surface area contributed by atoms with Gasteiger partial charge >= 0.3 is 0 Å². The molecular weight excluding hydrogens is 384 g/mol. The van der Waals surface area contributed by atoms with Crippen LogP contribution in [0.2, 0.25) is 0 Å². The number of fused-ring (bicyclic) bond motifs is 1. The Labute approximate surface area is 154 Å². The number of hydrogen-bond acceptors (Lipinski definition) is 6. The summed E-state index contributed by atoms with van der Waals surface area (Å²) in [5, 5.41) is 23.3. The van der Waals surface area contributed by atoms with Crippen molar-refractivity contribution in [1.82, 2.24) is 9.88 Å². The van der Waals surface area contributed by atoms with Crippen molar-refractivity contribution in [2.75, 3.05) is 18.4 Å². The third-order valence-electron chi connectivity index (χ3n) is 5.27. The maximum atomic E-state index is 9.90. The van der Waals surface area contributed by atoms with Crippen LogP contribution in [0.4, 0.5) is 5.82 Å². The third kappa shape index (κ3) is 3.26. The first kappa shape index (κ1) is 16.8. The van der Waals surface area contributed by atoms with Crippen LogP contribution >= 0.6 is 15.9 Å². The molecule has 1 saturated heterocycles. The number of rotatable bonds is 3. The zero-order chi connectivity index (χ0) is 17.6. The summed E-state index contributed by atoms with van der Waals surface area (Å²) < 4.78 is 6.26. The van der Waals surface area contributed by atoms with Crippen LogP contribution in [-0.4, -0.2) is 45.8 Å². The Bertz CT molecular complexity index is 825. The van der Waals surface area contributed by atoms with Gasteiger partial charge in [-0.2, -0.15) is 5.26 Å². The molecule has 1 aliphatic heterocycles. The minimum atomic E-state index is -0.494. The van der Waals surface area contributed by atoms with Crippen LogP contribution < -0.4 is 5.32 Å². The summed E-state index contributed by atoms with van der Waals surface area (Å²) in [6.45, 7) is 3.49. The number of hydrogen-bond donors (Lipinski definition) is 2. The molecule has 0 radical (unpaired) electrons. The molecule has 0 atom stereocenters. The number of pyridine rings is 1. The molecule has 2 fully saturated rings. The van der Waals surface area contributed by atoms with Crippen LogP contribution in [0.1, 0.15) is 38.4 Å². The number of halogens is 1. The topological polar surface area (TPSA) is 85.3 Å². The van der Waals surface area contributed by atoms with Gasteiger partial charge in [0.15, 0.2) is 5.58 Å². The van der Waals surface area contributed by atoms with Crippen LogP contribution in [0.15, 0.2) is 21.2 Å². The Morgan fingerprint density at radius 3 is 2.76 bits per heavy atom. The van der Waals surface area contributed by atoms with Crippen molar-refractivity contribution in [2.24, 2.45) is 0 Å². The van der Waals surface area contributed by atoms with Crippen molar-refractivity contribution >= 4 is 32.7 Å². The molecule has 25 heavy (non-hydrogen) atoms. The summed E-state index contributed by atoms with van der Waals surface area (Å²) in [5.41, 5.74) is 0.120. The number of anilines is 1. The molecule has 2 aromatic rings. The Hall–Kier alpha value is -1.62. The van der Waals surface area contributed by atoms with Crippen molar-refractivity contribution in [3.8, 4) is 6.07 Å². The first-order valence-electron chi connectivity index (χ1n) is 8.66. The summed E-state index contributed by atoms with van der Waals surface area (Å²) in [4.78, 5) is 6.84. The largest absolute Gasteiger partial charge is 0.444 e. The highest BCUT2D eigenvalue weighted by molar-refractivity contribution is 9.10. The van der Waals surface area contributed by atoms with Crippen LogP contribution in [0.5, 0.6) is 0 Å². The van der Waals surface area contributed by atoms with Crippen molar-refractivity contribution in [3.05, 3.63) is 22.5 Å². The highest BCUT2D eigenvalue weighted by Gasteiger charge is 2.41. The molecule has 132 valence electrons. The van der Waals surface area contributed by atoms with Crippen LogP contribution in [-0.2, 0) is 0 Å². The van der Waals surface area contributed by atoms with E-state index in [1.165, 1.54) is 0 Å². The van der Waals surface area contributed by atoms with Gasteiger partial charge in [-0.1, -0.05) is 0 Å². The smallest absolute Gasteiger partial charge is 0.204 e.